The zero-order valence-electron chi connectivity index (χ0n) is 11.3. The van der Waals surface area contributed by atoms with Crippen LogP contribution >= 0.6 is 11.8 Å². The average Bonchev–Trinajstić information content (AvgIpc) is 2.38. The number of aliphatic hydroxyl groups is 1. The summed E-state index contributed by atoms with van der Waals surface area (Å²) in [6, 6.07) is 6.39. The number of amides is 1. The molecule has 106 valence electrons. The van der Waals surface area contributed by atoms with Gasteiger partial charge in [0.1, 0.15) is 5.82 Å². The van der Waals surface area contributed by atoms with Gasteiger partial charge in [0.2, 0.25) is 5.91 Å². The molecule has 0 aliphatic heterocycles. The number of rotatable bonds is 7. The summed E-state index contributed by atoms with van der Waals surface area (Å²) in [5.74, 6) is -0.290. The molecule has 1 amide bonds. The molecule has 1 unspecified atom stereocenters. The van der Waals surface area contributed by atoms with Crippen LogP contribution in [0, 0.1) is 5.82 Å². The summed E-state index contributed by atoms with van der Waals surface area (Å²) < 4.78 is 13.4. The lowest BCUT2D eigenvalue weighted by atomic mass is 9.95. The second-order valence-electron chi connectivity index (χ2n) is 4.66. The molecule has 0 fully saturated rings. The highest BCUT2D eigenvalue weighted by Gasteiger charge is 2.23. The Morgan fingerprint density at radius 3 is 2.74 bits per heavy atom. The van der Waals surface area contributed by atoms with E-state index in [1.807, 2.05) is 13.8 Å². The van der Waals surface area contributed by atoms with Crippen LogP contribution in [0.4, 0.5) is 4.39 Å². The molecule has 5 heteroatoms. The van der Waals surface area contributed by atoms with Crippen molar-refractivity contribution in [3.63, 3.8) is 0 Å². The lowest BCUT2D eigenvalue weighted by Crippen LogP contribution is -2.46. The van der Waals surface area contributed by atoms with Gasteiger partial charge in [-0.2, -0.15) is 0 Å². The van der Waals surface area contributed by atoms with E-state index in [4.69, 9.17) is 5.11 Å². The first-order chi connectivity index (χ1) is 9.00. The number of hydrogen-bond donors (Lipinski definition) is 2. The minimum Gasteiger partial charge on any atom is -0.396 e. The quantitative estimate of drug-likeness (QED) is 0.757. The Bertz CT molecular complexity index is 428. The Kier molecular flexibility index (Phi) is 6.31. The third-order valence-electron chi connectivity index (χ3n) is 3.08. The Morgan fingerprint density at radius 2 is 2.16 bits per heavy atom. The van der Waals surface area contributed by atoms with E-state index >= 15 is 0 Å². The zero-order valence-corrected chi connectivity index (χ0v) is 12.1. The smallest absolute Gasteiger partial charge is 0.230 e. The van der Waals surface area contributed by atoms with E-state index in [1.165, 1.54) is 17.8 Å². The summed E-state index contributed by atoms with van der Waals surface area (Å²) in [5, 5.41) is 11.9. The molecule has 0 aliphatic carbocycles. The lowest BCUT2D eigenvalue weighted by molar-refractivity contribution is -0.120. The summed E-state index contributed by atoms with van der Waals surface area (Å²) in [4.78, 5) is 12.3. The lowest BCUT2D eigenvalue weighted by Gasteiger charge is -2.28. The van der Waals surface area contributed by atoms with Crippen molar-refractivity contribution < 1.29 is 14.3 Å². The molecule has 0 saturated carbocycles. The Labute approximate surface area is 117 Å². The zero-order chi connectivity index (χ0) is 14.3. The molecule has 0 aromatic heterocycles. The number of carbonyl (C=O) groups excluding carboxylic acids is 1. The van der Waals surface area contributed by atoms with Gasteiger partial charge in [0, 0.05) is 17.0 Å². The topological polar surface area (TPSA) is 49.3 Å². The van der Waals surface area contributed by atoms with Crippen molar-refractivity contribution in [1.82, 2.24) is 5.32 Å². The SMILES string of the molecule is CCC(C)(CCO)NC(=O)CSc1ccccc1F. The third kappa shape index (κ3) is 5.20. The number of aliphatic hydroxyl groups excluding tert-OH is 1. The van der Waals surface area contributed by atoms with E-state index in [2.05, 4.69) is 5.32 Å². The van der Waals surface area contributed by atoms with Gasteiger partial charge in [0.05, 0.1) is 5.75 Å². The van der Waals surface area contributed by atoms with Gasteiger partial charge in [-0.1, -0.05) is 19.1 Å². The molecule has 1 aromatic rings. The number of benzene rings is 1. The second-order valence-corrected chi connectivity index (χ2v) is 5.67. The fourth-order valence-electron chi connectivity index (χ4n) is 1.65. The second kappa shape index (κ2) is 7.50. The highest BCUT2D eigenvalue weighted by atomic mass is 32.2. The predicted octanol–water partition coefficient (Wildman–Crippen LogP) is 2.59. The van der Waals surface area contributed by atoms with Crippen LogP contribution in [0.5, 0.6) is 0 Å². The number of nitrogens with one attached hydrogen (secondary N) is 1. The summed E-state index contributed by atoms with van der Waals surface area (Å²) in [5.41, 5.74) is -0.401. The summed E-state index contributed by atoms with van der Waals surface area (Å²) in [6.45, 7) is 3.89. The van der Waals surface area contributed by atoms with Gasteiger partial charge in [-0.05, 0) is 31.9 Å². The van der Waals surface area contributed by atoms with E-state index in [9.17, 15) is 9.18 Å². The van der Waals surface area contributed by atoms with Crippen LogP contribution in [0.2, 0.25) is 0 Å². The van der Waals surface area contributed by atoms with Crippen LogP contribution in [-0.2, 0) is 4.79 Å². The first-order valence-corrected chi connectivity index (χ1v) is 7.28. The average molecular weight is 285 g/mol. The van der Waals surface area contributed by atoms with Crippen LogP contribution in [0.15, 0.2) is 29.2 Å². The molecular formula is C14H20FNO2S. The monoisotopic (exact) mass is 285 g/mol. The molecule has 1 rings (SSSR count). The first-order valence-electron chi connectivity index (χ1n) is 6.30. The molecule has 0 saturated heterocycles. The van der Waals surface area contributed by atoms with E-state index in [-0.39, 0.29) is 24.1 Å². The van der Waals surface area contributed by atoms with Gasteiger partial charge in [-0.25, -0.2) is 4.39 Å². The first kappa shape index (κ1) is 16.0. The number of hydrogen-bond acceptors (Lipinski definition) is 3. The molecule has 0 heterocycles. The molecular weight excluding hydrogens is 265 g/mol. The largest absolute Gasteiger partial charge is 0.396 e. The predicted molar refractivity (Wildman–Crippen MR) is 75.7 cm³/mol. The van der Waals surface area contributed by atoms with E-state index in [1.54, 1.807) is 18.2 Å². The van der Waals surface area contributed by atoms with Crippen molar-refractivity contribution in [1.29, 1.82) is 0 Å². The molecule has 0 spiro atoms. The number of thioether (sulfide) groups is 1. The van der Waals surface area contributed by atoms with Crippen molar-refractivity contribution in [2.45, 2.75) is 37.1 Å². The van der Waals surface area contributed by atoms with Crippen molar-refractivity contribution in [3.8, 4) is 0 Å². The highest BCUT2D eigenvalue weighted by molar-refractivity contribution is 8.00. The maximum atomic E-state index is 13.4. The molecule has 0 radical (unpaired) electrons. The Morgan fingerprint density at radius 1 is 1.47 bits per heavy atom. The van der Waals surface area contributed by atoms with Crippen molar-refractivity contribution in [2.24, 2.45) is 0 Å². The summed E-state index contributed by atoms with van der Waals surface area (Å²) >= 11 is 1.17. The van der Waals surface area contributed by atoms with Gasteiger partial charge in [0.15, 0.2) is 0 Å². The van der Waals surface area contributed by atoms with Crippen molar-refractivity contribution >= 4 is 17.7 Å². The molecule has 1 atom stereocenters. The molecule has 2 N–H and O–H groups in total. The van der Waals surface area contributed by atoms with Gasteiger partial charge >= 0.3 is 0 Å². The van der Waals surface area contributed by atoms with Crippen LogP contribution in [-0.4, -0.2) is 28.9 Å². The summed E-state index contributed by atoms with van der Waals surface area (Å²) in [7, 11) is 0. The maximum absolute atomic E-state index is 13.4. The fraction of sp³-hybridized carbons (Fsp3) is 0.500. The molecule has 3 nitrogen and oxygen atoms in total. The minimum absolute atomic E-state index is 0.0328. The van der Waals surface area contributed by atoms with E-state index in [0.29, 0.717) is 11.3 Å². The van der Waals surface area contributed by atoms with E-state index < -0.39 is 5.54 Å². The maximum Gasteiger partial charge on any atom is 0.230 e. The van der Waals surface area contributed by atoms with Crippen molar-refractivity contribution in [2.75, 3.05) is 12.4 Å². The molecule has 0 bridgehead atoms. The van der Waals surface area contributed by atoms with Gasteiger partial charge in [-0.3, -0.25) is 4.79 Å². The number of carbonyl (C=O) groups is 1. The molecule has 19 heavy (non-hydrogen) atoms. The molecule has 1 aromatic carbocycles. The Hall–Kier alpha value is -1.07. The number of halogens is 1. The van der Waals surface area contributed by atoms with Crippen LogP contribution in [0.3, 0.4) is 0 Å². The van der Waals surface area contributed by atoms with Gasteiger partial charge in [0.25, 0.3) is 0 Å². The highest BCUT2D eigenvalue weighted by Crippen LogP contribution is 2.21. The normalized spacial score (nSPS) is 13.9. The minimum atomic E-state index is -0.401. The molecule has 0 aliphatic rings. The fourth-order valence-corrected chi connectivity index (χ4v) is 2.39. The van der Waals surface area contributed by atoms with Crippen LogP contribution in [0.25, 0.3) is 0 Å². The standard InChI is InChI=1S/C14H20FNO2S/c1-3-14(2,8-9-17)16-13(18)10-19-12-7-5-4-6-11(12)15/h4-7,17H,3,8-10H2,1-2H3,(H,16,18). The van der Waals surface area contributed by atoms with Gasteiger partial charge < -0.3 is 10.4 Å². The van der Waals surface area contributed by atoms with Gasteiger partial charge in [-0.15, -0.1) is 11.8 Å². The van der Waals surface area contributed by atoms with Crippen LogP contribution in [0.1, 0.15) is 26.7 Å². The van der Waals surface area contributed by atoms with E-state index in [0.717, 1.165) is 6.42 Å². The third-order valence-corrected chi connectivity index (χ3v) is 4.13. The summed E-state index contributed by atoms with van der Waals surface area (Å²) in [6.07, 6.45) is 1.25. The Balaban J connectivity index is 2.50. The van der Waals surface area contributed by atoms with Crippen LogP contribution < -0.4 is 5.32 Å². The van der Waals surface area contributed by atoms with Crippen molar-refractivity contribution in [3.05, 3.63) is 30.1 Å².